The van der Waals surface area contributed by atoms with Crippen LogP contribution in [0.15, 0.2) is 12.1 Å². The summed E-state index contributed by atoms with van der Waals surface area (Å²) < 4.78 is 4.96. The minimum absolute atomic E-state index is 0.0325. The van der Waals surface area contributed by atoms with Crippen LogP contribution in [0.4, 0.5) is 0 Å². The van der Waals surface area contributed by atoms with Crippen LogP contribution < -0.4 is 4.74 Å². The molecule has 0 fully saturated rings. The smallest absolute Gasteiger partial charge is 0.174 e. The summed E-state index contributed by atoms with van der Waals surface area (Å²) in [5, 5.41) is 8.93. The molecule has 0 heterocycles. The van der Waals surface area contributed by atoms with Gasteiger partial charge in [-0.05, 0) is 12.1 Å². The Kier molecular flexibility index (Phi) is 3.21. The number of benzene rings is 1. The summed E-state index contributed by atoms with van der Waals surface area (Å²) in [6, 6.07) is 7.67. The fraction of sp³-hybridized carbons (Fsp3) is 0.125. The Balaban J connectivity index is 2.81. The van der Waals surface area contributed by atoms with E-state index < -0.39 is 0 Å². The first-order valence-corrected chi connectivity index (χ1v) is 3.86. The van der Waals surface area contributed by atoms with Crippen molar-refractivity contribution >= 4 is 23.2 Å². The monoisotopic (exact) mass is 200 g/mol. The van der Waals surface area contributed by atoms with E-state index in [0.29, 0.717) is 10.8 Å². The molecule has 0 atom stereocenters. The van der Waals surface area contributed by atoms with Gasteiger partial charge >= 0.3 is 0 Å². The molecule has 0 amide bonds. The molecule has 0 spiro atoms. The summed E-state index contributed by atoms with van der Waals surface area (Å²) in [4.78, 5) is 0. The molecular formula is C8H4Cl2NO. The Morgan fingerprint density at radius 3 is 2.83 bits per heavy atom. The van der Waals surface area contributed by atoms with E-state index in [4.69, 9.17) is 33.2 Å². The largest absolute Gasteiger partial charge is 0.477 e. The Labute approximate surface area is 80.3 Å². The van der Waals surface area contributed by atoms with E-state index in [1.54, 1.807) is 12.1 Å². The highest BCUT2D eigenvalue weighted by atomic mass is 35.5. The molecule has 1 radical (unpaired) electrons. The van der Waals surface area contributed by atoms with Gasteiger partial charge in [-0.15, -0.1) is 0 Å². The first-order chi connectivity index (χ1) is 5.74. The lowest BCUT2D eigenvalue weighted by Gasteiger charge is -2.02. The van der Waals surface area contributed by atoms with Gasteiger partial charge in [0.2, 0.25) is 0 Å². The Bertz CT molecular complexity index is 319. The lowest BCUT2D eigenvalue weighted by atomic mass is 10.3. The molecule has 0 N–H and O–H groups in total. The van der Waals surface area contributed by atoms with Gasteiger partial charge in [0.1, 0.15) is 11.8 Å². The molecule has 61 valence electrons. The molecule has 0 unspecified atom stereocenters. The molecule has 1 aromatic rings. The van der Waals surface area contributed by atoms with Crippen LogP contribution in [-0.2, 0) is 0 Å². The summed E-state index contributed by atoms with van der Waals surface area (Å²) in [7, 11) is 0. The second-order valence-corrected chi connectivity index (χ2v) is 2.72. The van der Waals surface area contributed by atoms with Crippen molar-refractivity contribution < 1.29 is 4.74 Å². The van der Waals surface area contributed by atoms with Crippen LogP contribution in [0.25, 0.3) is 0 Å². The predicted molar refractivity (Wildman–Crippen MR) is 46.4 cm³/mol. The second kappa shape index (κ2) is 4.20. The highest BCUT2D eigenvalue weighted by Gasteiger charge is 2.01. The van der Waals surface area contributed by atoms with Crippen molar-refractivity contribution in [2.24, 2.45) is 0 Å². The SMILES string of the molecule is N#CCOc1ccc(Cl)[c]c1Cl. The highest BCUT2D eigenvalue weighted by molar-refractivity contribution is 6.35. The van der Waals surface area contributed by atoms with E-state index in [-0.39, 0.29) is 11.6 Å². The molecule has 12 heavy (non-hydrogen) atoms. The minimum atomic E-state index is -0.0325. The summed E-state index contributed by atoms with van der Waals surface area (Å²) in [5.74, 6) is 0.419. The van der Waals surface area contributed by atoms with Crippen molar-refractivity contribution in [2.45, 2.75) is 0 Å². The third kappa shape index (κ3) is 2.30. The third-order valence-corrected chi connectivity index (χ3v) is 1.62. The van der Waals surface area contributed by atoms with Gasteiger partial charge in [0.05, 0.1) is 10.0 Å². The molecule has 2 nitrogen and oxygen atoms in total. The number of ether oxygens (including phenoxy) is 1. The average molecular weight is 201 g/mol. The van der Waals surface area contributed by atoms with Gasteiger partial charge in [0.15, 0.2) is 6.61 Å². The highest BCUT2D eigenvalue weighted by Crippen LogP contribution is 2.26. The quantitative estimate of drug-likeness (QED) is 0.736. The zero-order valence-corrected chi connectivity index (χ0v) is 7.49. The number of hydrogen-bond donors (Lipinski definition) is 0. The first-order valence-electron chi connectivity index (χ1n) is 3.11. The van der Waals surface area contributed by atoms with Gasteiger partial charge in [-0.1, -0.05) is 23.2 Å². The maximum absolute atomic E-state index is 8.22. The first kappa shape index (κ1) is 9.18. The average Bonchev–Trinajstić information content (AvgIpc) is 2.03. The molecule has 0 aliphatic carbocycles. The van der Waals surface area contributed by atoms with Crippen LogP contribution in [0.5, 0.6) is 5.75 Å². The number of hydrogen-bond acceptors (Lipinski definition) is 2. The molecule has 0 bridgehead atoms. The summed E-state index contributed by atoms with van der Waals surface area (Å²) in [5.41, 5.74) is 0. The lowest BCUT2D eigenvalue weighted by Crippen LogP contribution is -1.93. The van der Waals surface area contributed by atoms with Crippen molar-refractivity contribution in [2.75, 3.05) is 6.61 Å². The second-order valence-electron chi connectivity index (χ2n) is 1.93. The third-order valence-electron chi connectivity index (χ3n) is 1.12. The van der Waals surface area contributed by atoms with E-state index in [9.17, 15) is 0 Å². The van der Waals surface area contributed by atoms with Crippen molar-refractivity contribution in [1.29, 1.82) is 5.26 Å². The van der Waals surface area contributed by atoms with E-state index in [1.165, 1.54) is 0 Å². The van der Waals surface area contributed by atoms with Crippen molar-refractivity contribution in [3.05, 3.63) is 28.2 Å². The minimum Gasteiger partial charge on any atom is -0.477 e. The van der Waals surface area contributed by atoms with Crippen LogP contribution in [-0.4, -0.2) is 6.61 Å². The number of halogens is 2. The van der Waals surface area contributed by atoms with E-state index >= 15 is 0 Å². The van der Waals surface area contributed by atoms with Crippen molar-refractivity contribution in [3.63, 3.8) is 0 Å². The zero-order chi connectivity index (χ0) is 8.97. The maximum atomic E-state index is 8.22. The van der Waals surface area contributed by atoms with Crippen LogP contribution in [0.3, 0.4) is 0 Å². The number of nitrogens with zero attached hydrogens (tertiary/aromatic N) is 1. The normalized spacial score (nSPS) is 9.08. The van der Waals surface area contributed by atoms with Crippen molar-refractivity contribution in [3.8, 4) is 11.8 Å². The van der Waals surface area contributed by atoms with Crippen LogP contribution >= 0.6 is 23.2 Å². The fourth-order valence-corrected chi connectivity index (χ4v) is 1.08. The Morgan fingerprint density at radius 1 is 1.50 bits per heavy atom. The molecule has 0 aliphatic rings. The zero-order valence-electron chi connectivity index (χ0n) is 5.97. The molecule has 0 aromatic heterocycles. The van der Waals surface area contributed by atoms with Gasteiger partial charge < -0.3 is 4.74 Å². The fourth-order valence-electron chi connectivity index (χ4n) is 0.652. The van der Waals surface area contributed by atoms with E-state index in [2.05, 4.69) is 6.07 Å². The standard InChI is InChI=1S/C8H4Cl2NO/c9-6-1-2-8(7(10)5-6)12-4-3-11/h1-2H,4H2. The summed E-state index contributed by atoms with van der Waals surface area (Å²) in [6.07, 6.45) is 0. The summed E-state index contributed by atoms with van der Waals surface area (Å²) in [6.45, 7) is -0.0325. The van der Waals surface area contributed by atoms with Gasteiger partial charge in [-0.3, -0.25) is 0 Å². The molecule has 0 saturated heterocycles. The van der Waals surface area contributed by atoms with Crippen molar-refractivity contribution in [1.82, 2.24) is 0 Å². The maximum Gasteiger partial charge on any atom is 0.174 e. The van der Waals surface area contributed by atoms with Gasteiger partial charge in [0.25, 0.3) is 0 Å². The molecule has 0 aliphatic heterocycles. The number of rotatable bonds is 2. The molecular weight excluding hydrogens is 197 g/mol. The van der Waals surface area contributed by atoms with Crippen LogP contribution in [0.2, 0.25) is 10.0 Å². The molecule has 0 saturated carbocycles. The van der Waals surface area contributed by atoms with Gasteiger partial charge in [0, 0.05) is 6.07 Å². The number of nitriles is 1. The van der Waals surface area contributed by atoms with Gasteiger partial charge in [-0.2, -0.15) is 5.26 Å². The molecule has 1 aromatic carbocycles. The van der Waals surface area contributed by atoms with E-state index in [1.807, 2.05) is 6.07 Å². The van der Waals surface area contributed by atoms with Crippen LogP contribution in [0.1, 0.15) is 0 Å². The molecule has 1 rings (SSSR count). The Morgan fingerprint density at radius 2 is 2.25 bits per heavy atom. The van der Waals surface area contributed by atoms with E-state index in [0.717, 1.165) is 0 Å². The molecule has 4 heteroatoms. The predicted octanol–water partition coefficient (Wildman–Crippen LogP) is 2.70. The lowest BCUT2D eigenvalue weighted by molar-refractivity contribution is 0.368. The van der Waals surface area contributed by atoms with Gasteiger partial charge in [-0.25, -0.2) is 0 Å². The summed E-state index contributed by atoms with van der Waals surface area (Å²) >= 11 is 11.3. The van der Waals surface area contributed by atoms with Crippen LogP contribution in [0, 0.1) is 17.4 Å². The Hall–Kier alpha value is -0.910. The topological polar surface area (TPSA) is 33.0 Å².